The Morgan fingerprint density at radius 1 is 1.04 bits per heavy atom. The number of para-hydroxylation sites is 1. The average molecular weight is 373 g/mol. The van der Waals surface area contributed by atoms with Crippen LogP contribution in [0.3, 0.4) is 0 Å². The number of nitrogens with one attached hydrogen (secondary N) is 1. The third-order valence-corrected chi connectivity index (χ3v) is 5.61. The van der Waals surface area contributed by atoms with Gasteiger partial charge >= 0.3 is 0 Å². The summed E-state index contributed by atoms with van der Waals surface area (Å²) in [6.07, 6.45) is 4.21. The van der Waals surface area contributed by atoms with Crippen molar-refractivity contribution in [3.05, 3.63) is 54.7 Å². The Hall–Kier alpha value is -2.99. The zero-order valence-electron chi connectivity index (χ0n) is 15.9. The fourth-order valence-corrected chi connectivity index (χ4v) is 3.80. The number of nitrogens with zero attached hydrogens (tertiary/aromatic N) is 4. The highest BCUT2D eigenvalue weighted by Gasteiger charge is 2.27. The molecule has 5 rings (SSSR count). The molecular formula is C22H23N5O. The summed E-state index contributed by atoms with van der Waals surface area (Å²) in [6.45, 7) is 5.11. The van der Waals surface area contributed by atoms with Crippen LogP contribution in [0.5, 0.6) is 5.75 Å². The Morgan fingerprint density at radius 3 is 2.82 bits per heavy atom. The number of pyridine rings is 2. The summed E-state index contributed by atoms with van der Waals surface area (Å²) in [5.41, 5.74) is 2.66. The summed E-state index contributed by atoms with van der Waals surface area (Å²) in [5.74, 6) is 1.56. The Kier molecular flexibility index (Phi) is 4.20. The number of hydrogen-bond acceptors (Lipinski definition) is 5. The van der Waals surface area contributed by atoms with E-state index in [9.17, 15) is 0 Å². The van der Waals surface area contributed by atoms with Crippen LogP contribution < -0.4 is 10.1 Å². The van der Waals surface area contributed by atoms with E-state index in [0.717, 1.165) is 59.7 Å². The first kappa shape index (κ1) is 17.1. The molecule has 0 saturated carbocycles. The third-order valence-electron chi connectivity index (χ3n) is 5.61. The molecule has 142 valence electrons. The van der Waals surface area contributed by atoms with Crippen molar-refractivity contribution < 1.29 is 4.74 Å². The minimum Gasteiger partial charge on any atom is -0.491 e. The molecule has 6 heteroatoms. The van der Waals surface area contributed by atoms with Gasteiger partial charge in [-0.2, -0.15) is 0 Å². The van der Waals surface area contributed by atoms with Gasteiger partial charge in [-0.3, -0.25) is 4.40 Å². The summed E-state index contributed by atoms with van der Waals surface area (Å²) < 4.78 is 8.24. The van der Waals surface area contributed by atoms with Gasteiger partial charge in [0.1, 0.15) is 17.0 Å². The van der Waals surface area contributed by atoms with Crippen molar-refractivity contribution in [2.75, 3.05) is 19.7 Å². The molecule has 0 atom stereocenters. The number of hydrogen-bond donors (Lipinski definition) is 1. The molecule has 1 fully saturated rings. The van der Waals surface area contributed by atoms with Crippen molar-refractivity contribution in [1.29, 1.82) is 0 Å². The molecule has 1 aromatic carbocycles. The second-order valence-corrected chi connectivity index (χ2v) is 7.83. The highest BCUT2D eigenvalue weighted by atomic mass is 16.5. The normalized spacial score (nSPS) is 16.5. The SMILES string of the molecule is CC1(COc2cccc3ccc(-c4nnc5ccccn45)nc23)CCNCC1. The number of benzene rings is 1. The second-order valence-electron chi connectivity index (χ2n) is 7.83. The molecule has 3 aromatic heterocycles. The number of fused-ring (bicyclic) bond motifs is 2. The van der Waals surface area contributed by atoms with Gasteiger partial charge in [0.05, 0.1) is 6.61 Å². The summed E-state index contributed by atoms with van der Waals surface area (Å²) in [7, 11) is 0. The topological polar surface area (TPSA) is 64.3 Å². The minimum atomic E-state index is 0.203. The van der Waals surface area contributed by atoms with Crippen LogP contribution in [-0.4, -0.2) is 39.3 Å². The number of aromatic nitrogens is 4. The maximum absolute atomic E-state index is 6.29. The lowest BCUT2D eigenvalue weighted by molar-refractivity contribution is 0.124. The molecule has 1 aliphatic heterocycles. The largest absolute Gasteiger partial charge is 0.491 e. The maximum Gasteiger partial charge on any atom is 0.187 e. The second kappa shape index (κ2) is 6.87. The molecule has 0 amide bonds. The number of ether oxygens (including phenoxy) is 1. The Labute approximate surface area is 163 Å². The number of piperidine rings is 1. The Bertz CT molecular complexity index is 1130. The molecular weight excluding hydrogens is 350 g/mol. The van der Waals surface area contributed by atoms with Gasteiger partial charge in [-0.1, -0.05) is 31.2 Å². The van der Waals surface area contributed by atoms with Gasteiger partial charge in [-0.15, -0.1) is 10.2 Å². The maximum atomic E-state index is 6.29. The fraction of sp³-hybridized carbons (Fsp3) is 0.318. The van der Waals surface area contributed by atoms with E-state index in [2.05, 4.69) is 34.6 Å². The molecule has 0 radical (unpaired) electrons. The standard InChI is InChI=1S/C22H23N5O/c1-22(10-12-23-13-11-22)15-28-18-6-4-5-16-8-9-17(24-20(16)18)21-26-25-19-7-2-3-14-27(19)21/h2-9,14,23H,10-13,15H2,1H3. The smallest absolute Gasteiger partial charge is 0.187 e. The van der Waals surface area contributed by atoms with Crippen LogP contribution in [0.25, 0.3) is 28.1 Å². The molecule has 0 bridgehead atoms. The van der Waals surface area contributed by atoms with Crippen LogP contribution in [-0.2, 0) is 0 Å². The van der Waals surface area contributed by atoms with E-state index in [0.29, 0.717) is 6.61 Å². The van der Waals surface area contributed by atoms with E-state index in [1.807, 2.05) is 47.0 Å². The van der Waals surface area contributed by atoms with Gasteiger partial charge in [0.2, 0.25) is 0 Å². The van der Waals surface area contributed by atoms with Crippen LogP contribution in [0.15, 0.2) is 54.7 Å². The number of rotatable bonds is 4. The van der Waals surface area contributed by atoms with Crippen molar-refractivity contribution >= 4 is 16.6 Å². The molecule has 28 heavy (non-hydrogen) atoms. The first-order valence-corrected chi connectivity index (χ1v) is 9.75. The van der Waals surface area contributed by atoms with Gasteiger partial charge in [-0.25, -0.2) is 4.98 Å². The van der Waals surface area contributed by atoms with Gasteiger partial charge in [0, 0.05) is 17.0 Å². The van der Waals surface area contributed by atoms with Crippen LogP contribution >= 0.6 is 0 Å². The molecule has 0 spiro atoms. The first-order valence-electron chi connectivity index (χ1n) is 9.75. The summed E-state index contributed by atoms with van der Waals surface area (Å²) in [5, 5.41) is 13.1. The molecule has 0 unspecified atom stereocenters. The van der Waals surface area contributed by atoms with Gasteiger partial charge < -0.3 is 10.1 Å². The van der Waals surface area contributed by atoms with E-state index < -0.39 is 0 Å². The zero-order chi connectivity index (χ0) is 19.0. The minimum absolute atomic E-state index is 0.203. The van der Waals surface area contributed by atoms with E-state index in [1.54, 1.807) is 0 Å². The van der Waals surface area contributed by atoms with E-state index >= 15 is 0 Å². The first-order chi connectivity index (χ1) is 13.7. The Morgan fingerprint density at radius 2 is 1.93 bits per heavy atom. The highest BCUT2D eigenvalue weighted by molar-refractivity contribution is 5.86. The van der Waals surface area contributed by atoms with Gasteiger partial charge in [0.15, 0.2) is 11.5 Å². The van der Waals surface area contributed by atoms with Crippen molar-refractivity contribution in [1.82, 2.24) is 24.9 Å². The predicted molar refractivity (Wildman–Crippen MR) is 109 cm³/mol. The van der Waals surface area contributed by atoms with E-state index in [-0.39, 0.29) is 5.41 Å². The lowest BCUT2D eigenvalue weighted by Crippen LogP contribution is -2.38. The summed E-state index contributed by atoms with van der Waals surface area (Å²) >= 11 is 0. The molecule has 4 aromatic rings. The van der Waals surface area contributed by atoms with Gasteiger partial charge in [-0.05, 0) is 50.2 Å². The molecule has 1 saturated heterocycles. The van der Waals surface area contributed by atoms with Crippen LogP contribution in [0.2, 0.25) is 0 Å². The Balaban J connectivity index is 1.51. The molecule has 0 aliphatic carbocycles. The quantitative estimate of drug-likeness (QED) is 0.591. The molecule has 6 nitrogen and oxygen atoms in total. The van der Waals surface area contributed by atoms with Crippen LogP contribution in [0.1, 0.15) is 19.8 Å². The lowest BCUT2D eigenvalue weighted by Gasteiger charge is -2.33. The van der Waals surface area contributed by atoms with E-state index in [4.69, 9.17) is 9.72 Å². The van der Waals surface area contributed by atoms with Crippen molar-refractivity contribution in [3.63, 3.8) is 0 Å². The highest BCUT2D eigenvalue weighted by Crippen LogP contribution is 2.32. The van der Waals surface area contributed by atoms with Crippen LogP contribution in [0, 0.1) is 5.41 Å². The lowest BCUT2D eigenvalue weighted by atomic mass is 9.82. The zero-order valence-corrected chi connectivity index (χ0v) is 15.9. The summed E-state index contributed by atoms with van der Waals surface area (Å²) in [4.78, 5) is 4.89. The van der Waals surface area contributed by atoms with Gasteiger partial charge in [0.25, 0.3) is 0 Å². The van der Waals surface area contributed by atoms with E-state index in [1.165, 1.54) is 0 Å². The average Bonchev–Trinajstić information content (AvgIpc) is 3.17. The summed E-state index contributed by atoms with van der Waals surface area (Å²) in [6, 6.07) is 16.0. The van der Waals surface area contributed by atoms with Crippen LogP contribution in [0.4, 0.5) is 0 Å². The molecule has 4 heterocycles. The molecule has 1 aliphatic rings. The molecule has 1 N–H and O–H groups in total. The van der Waals surface area contributed by atoms with Crippen molar-refractivity contribution in [2.24, 2.45) is 5.41 Å². The monoisotopic (exact) mass is 373 g/mol. The van der Waals surface area contributed by atoms with Crippen molar-refractivity contribution in [3.8, 4) is 17.3 Å². The fourth-order valence-electron chi connectivity index (χ4n) is 3.80. The van der Waals surface area contributed by atoms with Crippen molar-refractivity contribution in [2.45, 2.75) is 19.8 Å². The predicted octanol–water partition coefficient (Wildman–Crippen LogP) is 3.71. The third kappa shape index (κ3) is 3.10.